The van der Waals surface area contributed by atoms with Crippen molar-refractivity contribution in [1.29, 1.82) is 0 Å². The minimum Gasteiger partial charge on any atom is -0.312 e. The number of benzene rings is 1. The molecule has 0 spiro atoms. The van der Waals surface area contributed by atoms with Gasteiger partial charge in [-0.15, -0.1) is 0 Å². The number of halogens is 2. The van der Waals surface area contributed by atoms with Crippen LogP contribution in [0.5, 0.6) is 0 Å². The lowest BCUT2D eigenvalue weighted by Crippen LogP contribution is -2.19. The van der Waals surface area contributed by atoms with Gasteiger partial charge in [0, 0.05) is 17.2 Å². The van der Waals surface area contributed by atoms with Gasteiger partial charge in [-0.05, 0) is 52.2 Å². The van der Waals surface area contributed by atoms with E-state index in [1.54, 1.807) is 0 Å². The van der Waals surface area contributed by atoms with Gasteiger partial charge >= 0.3 is 0 Å². The highest BCUT2D eigenvalue weighted by molar-refractivity contribution is 14.1. The molecule has 1 N–H and O–H groups in total. The van der Waals surface area contributed by atoms with Crippen molar-refractivity contribution in [3.8, 4) is 0 Å². The van der Waals surface area contributed by atoms with Crippen LogP contribution in [-0.2, 0) is 13.1 Å². The largest absolute Gasteiger partial charge is 0.312 e. The molecular weight excluding hydrogens is 429 g/mol. The van der Waals surface area contributed by atoms with E-state index >= 15 is 0 Å². The van der Waals surface area contributed by atoms with Crippen LogP contribution in [0, 0.1) is 9.49 Å². The predicted octanol–water partition coefficient (Wildman–Crippen LogP) is 4.04. The Bertz CT molecular complexity index is 566. The van der Waals surface area contributed by atoms with E-state index < -0.39 is 0 Å². The molecule has 0 saturated carbocycles. The summed E-state index contributed by atoms with van der Waals surface area (Å²) >= 11 is 5.94. The molecule has 1 aromatic carbocycles. The zero-order chi connectivity index (χ0) is 14.5. The third-order valence-electron chi connectivity index (χ3n) is 2.93. The molecule has 0 fully saturated rings. The van der Waals surface area contributed by atoms with Gasteiger partial charge in [-0.3, -0.25) is 4.68 Å². The minimum absolute atomic E-state index is 0.681. The van der Waals surface area contributed by atoms with Gasteiger partial charge in [0.15, 0.2) is 0 Å². The van der Waals surface area contributed by atoms with E-state index in [2.05, 4.69) is 81.0 Å². The van der Waals surface area contributed by atoms with Crippen LogP contribution >= 0.6 is 38.5 Å². The van der Waals surface area contributed by atoms with Gasteiger partial charge < -0.3 is 5.32 Å². The Hall–Kier alpha value is -0.400. The maximum Gasteiger partial charge on any atom is 0.0670 e. The Morgan fingerprint density at radius 2 is 2.20 bits per heavy atom. The van der Waals surface area contributed by atoms with Gasteiger partial charge in [0.1, 0.15) is 0 Å². The van der Waals surface area contributed by atoms with Crippen LogP contribution in [0.4, 0.5) is 0 Å². The molecule has 0 aliphatic carbocycles. The smallest absolute Gasteiger partial charge is 0.0670 e. The second kappa shape index (κ2) is 7.56. The van der Waals surface area contributed by atoms with Crippen molar-refractivity contribution in [2.45, 2.75) is 26.9 Å². The molecule has 20 heavy (non-hydrogen) atoms. The summed E-state index contributed by atoms with van der Waals surface area (Å²) in [5.41, 5.74) is 2.55. The van der Waals surface area contributed by atoms with E-state index in [0.29, 0.717) is 5.92 Å². The molecule has 2 rings (SSSR count). The van der Waals surface area contributed by atoms with Crippen molar-refractivity contribution >= 4 is 38.5 Å². The maximum absolute atomic E-state index is 4.32. The number of nitrogens with one attached hydrogen (secondary N) is 1. The molecule has 3 nitrogen and oxygen atoms in total. The number of nitrogens with zero attached hydrogens (tertiary/aromatic N) is 2. The molecule has 2 aromatic rings. The van der Waals surface area contributed by atoms with Crippen LogP contribution in [0.3, 0.4) is 0 Å². The second-order valence-corrected chi connectivity index (χ2v) is 7.41. The number of aromatic nitrogens is 2. The molecule has 108 valence electrons. The maximum atomic E-state index is 4.32. The summed E-state index contributed by atoms with van der Waals surface area (Å²) in [5, 5.41) is 7.78. The highest BCUT2D eigenvalue weighted by Gasteiger charge is 2.04. The molecular formula is C15H19BrIN3. The van der Waals surface area contributed by atoms with E-state index in [4.69, 9.17) is 0 Å². The van der Waals surface area contributed by atoms with Crippen LogP contribution in [0.1, 0.15) is 25.0 Å². The molecule has 0 bridgehead atoms. The van der Waals surface area contributed by atoms with Crippen molar-refractivity contribution in [2.75, 3.05) is 6.54 Å². The first kappa shape index (κ1) is 16.0. The van der Waals surface area contributed by atoms with Gasteiger partial charge in [0.2, 0.25) is 0 Å². The molecule has 1 aromatic heterocycles. The lowest BCUT2D eigenvalue weighted by molar-refractivity contribution is 0.552. The quantitative estimate of drug-likeness (QED) is 0.677. The Morgan fingerprint density at radius 3 is 2.80 bits per heavy atom. The van der Waals surface area contributed by atoms with Crippen LogP contribution < -0.4 is 5.32 Å². The first-order valence-corrected chi connectivity index (χ1v) is 8.57. The number of rotatable bonds is 6. The topological polar surface area (TPSA) is 29.9 Å². The zero-order valence-corrected chi connectivity index (χ0v) is 15.5. The molecule has 0 saturated heterocycles. The first-order chi connectivity index (χ1) is 9.54. The fourth-order valence-electron chi connectivity index (χ4n) is 1.93. The monoisotopic (exact) mass is 447 g/mol. The van der Waals surface area contributed by atoms with Crippen molar-refractivity contribution < 1.29 is 0 Å². The van der Waals surface area contributed by atoms with Crippen molar-refractivity contribution in [3.05, 3.63) is 49.8 Å². The van der Waals surface area contributed by atoms with Crippen molar-refractivity contribution in [1.82, 2.24) is 15.1 Å². The third-order valence-corrected chi connectivity index (χ3v) is 4.23. The molecule has 0 aliphatic rings. The Balaban J connectivity index is 1.98. The van der Waals surface area contributed by atoms with Crippen LogP contribution in [0.2, 0.25) is 0 Å². The van der Waals surface area contributed by atoms with Crippen molar-refractivity contribution in [3.63, 3.8) is 0 Å². The third kappa shape index (κ3) is 4.86. The van der Waals surface area contributed by atoms with Crippen molar-refractivity contribution in [2.24, 2.45) is 5.92 Å². The fourth-order valence-corrected chi connectivity index (χ4v) is 2.93. The molecule has 5 heteroatoms. The van der Waals surface area contributed by atoms with Gasteiger partial charge in [0.05, 0.1) is 16.3 Å². The molecule has 0 unspecified atom stereocenters. The predicted molar refractivity (Wildman–Crippen MR) is 94.7 cm³/mol. The van der Waals surface area contributed by atoms with Crippen LogP contribution in [0.25, 0.3) is 0 Å². The highest BCUT2D eigenvalue weighted by atomic mass is 127. The fraction of sp³-hybridized carbons (Fsp3) is 0.400. The zero-order valence-electron chi connectivity index (χ0n) is 11.7. The molecule has 0 aliphatic heterocycles. The van der Waals surface area contributed by atoms with E-state index in [1.807, 2.05) is 17.1 Å². The first-order valence-electron chi connectivity index (χ1n) is 6.70. The van der Waals surface area contributed by atoms with E-state index in [0.717, 1.165) is 27.7 Å². The van der Waals surface area contributed by atoms with E-state index in [-0.39, 0.29) is 0 Å². The van der Waals surface area contributed by atoms with Gasteiger partial charge in [-0.25, -0.2) is 0 Å². The highest BCUT2D eigenvalue weighted by Crippen LogP contribution is 2.20. The summed E-state index contributed by atoms with van der Waals surface area (Å²) in [7, 11) is 0. The molecule has 0 amide bonds. The lowest BCUT2D eigenvalue weighted by atomic mass is 10.1. The summed E-state index contributed by atoms with van der Waals surface area (Å²) in [6.07, 6.45) is 3.92. The molecule has 0 radical (unpaired) electrons. The summed E-state index contributed by atoms with van der Waals surface area (Å²) in [6.45, 7) is 7.19. The number of hydrogen-bond acceptors (Lipinski definition) is 2. The standard InChI is InChI=1S/C15H19BrIN3/c1-11(2)6-18-7-12-3-4-13(15(16)5-12)9-20-10-14(17)8-19-20/h3-5,8,10-11,18H,6-7,9H2,1-2H3. The molecule has 0 atom stereocenters. The van der Waals surface area contributed by atoms with Gasteiger partial charge in [0.25, 0.3) is 0 Å². The Morgan fingerprint density at radius 1 is 1.40 bits per heavy atom. The number of hydrogen-bond donors (Lipinski definition) is 1. The Labute approximate surface area is 142 Å². The summed E-state index contributed by atoms with van der Waals surface area (Å²) in [4.78, 5) is 0. The summed E-state index contributed by atoms with van der Waals surface area (Å²) < 4.78 is 4.26. The summed E-state index contributed by atoms with van der Waals surface area (Å²) in [5.74, 6) is 0.681. The van der Waals surface area contributed by atoms with E-state index in [1.165, 1.54) is 11.1 Å². The van der Waals surface area contributed by atoms with Gasteiger partial charge in [-0.1, -0.05) is 41.9 Å². The lowest BCUT2D eigenvalue weighted by Gasteiger charge is -2.10. The normalized spacial score (nSPS) is 11.2. The van der Waals surface area contributed by atoms with Crippen LogP contribution in [0.15, 0.2) is 35.1 Å². The SMILES string of the molecule is CC(C)CNCc1ccc(Cn2cc(I)cn2)c(Br)c1. The van der Waals surface area contributed by atoms with Gasteiger partial charge in [-0.2, -0.15) is 5.10 Å². The Kier molecular flexibility index (Phi) is 6.04. The minimum atomic E-state index is 0.681. The second-order valence-electron chi connectivity index (χ2n) is 5.31. The van der Waals surface area contributed by atoms with E-state index in [9.17, 15) is 0 Å². The average Bonchev–Trinajstić information content (AvgIpc) is 2.78. The average molecular weight is 448 g/mol. The molecule has 1 heterocycles. The van der Waals surface area contributed by atoms with Crippen LogP contribution in [-0.4, -0.2) is 16.3 Å². The summed E-state index contributed by atoms with van der Waals surface area (Å²) in [6, 6.07) is 6.55.